The highest BCUT2D eigenvalue weighted by atomic mass is 32.1. The van der Waals surface area contributed by atoms with Gasteiger partial charge in [-0.3, -0.25) is 0 Å². The van der Waals surface area contributed by atoms with Gasteiger partial charge in [-0.15, -0.1) is 11.3 Å². The monoisotopic (exact) mass is 271 g/mol. The van der Waals surface area contributed by atoms with Crippen molar-refractivity contribution in [1.82, 2.24) is 5.32 Å². The van der Waals surface area contributed by atoms with Crippen LogP contribution < -0.4 is 5.32 Å². The maximum atomic E-state index is 10.7. The molecular formula is C13H21NO3S. The average Bonchev–Trinajstić information content (AvgIpc) is 2.63. The van der Waals surface area contributed by atoms with Gasteiger partial charge >= 0.3 is 5.97 Å². The highest BCUT2D eigenvalue weighted by Crippen LogP contribution is 2.18. The van der Waals surface area contributed by atoms with Crippen molar-refractivity contribution in [2.24, 2.45) is 5.92 Å². The molecule has 1 aromatic heterocycles. The summed E-state index contributed by atoms with van der Waals surface area (Å²) in [7, 11) is 0. The molecule has 0 amide bonds. The first-order valence-corrected chi connectivity index (χ1v) is 6.87. The summed E-state index contributed by atoms with van der Waals surface area (Å²) in [5.41, 5.74) is -0.721. The van der Waals surface area contributed by atoms with Crippen LogP contribution in [0.5, 0.6) is 0 Å². The van der Waals surface area contributed by atoms with Gasteiger partial charge in [-0.05, 0) is 31.4 Å². The Balaban J connectivity index is 2.39. The van der Waals surface area contributed by atoms with Gasteiger partial charge in [0.2, 0.25) is 0 Å². The number of thiophene rings is 1. The lowest BCUT2D eigenvalue weighted by Crippen LogP contribution is -2.38. The number of hydrogen-bond donors (Lipinski definition) is 3. The SMILES string of the molecule is CC(C)CC(C)(O)CNCc1ccc(C(=O)O)s1. The van der Waals surface area contributed by atoms with Crippen molar-refractivity contribution >= 4 is 17.3 Å². The summed E-state index contributed by atoms with van der Waals surface area (Å²) in [6.07, 6.45) is 0.741. The second kappa shape index (κ2) is 6.31. The van der Waals surface area contributed by atoms with E-state index in [0.717, 1.165) is 11.3 Å². The Morgan fingerprint density at radius 2 is 2.17 bits per heavy atom. The van der Waals surface area contributed by atoms with Crippen LogP contribution in [-0.2, 0) is 6.54 Å². The van der Waals surface area contributed by atoms with E-state index < -0.39 is 11.6 Å². The van der Waals surface area contributed by atoms with Crippen molar-refractivity contribution in [1.29, 1.82) is 0 Å². The van der Waals surface area contributed by atoms with E-state index in [1.54, 1.807) is 12.1 Å². The third kappa shape index (κ3) is 5.16. The van der Waals surface area contributed by atoms with Gasteiger partial charge in [-0.1, -0.05) is 13.8 Å². The second-order valence-electron chi connectivity index (χ2n) is 5.27. The van der Waals surface area contributed by atoms with Crippen LogP contribution in [0.1, 0.15) is 41.7 Å². The molecule has 0 fully saturated rings. The Labute approximate surface area is 112 Å². The average molecular weight is 271 g/mol. The van der Waals surface area contributed by atoms with Crippen LogP contribution in [0.15, 0.2) is 12.1 Å². The molecule has 0 saturated carbocycles. The minimum absolute atomic E-state index is 0.348. The molecule has 5 heteroatoms. The quantitative estimate of drug-likeness (QED) is 0.712. The van der Waals surface area contributed by atoms with Crippen LogP contribution in [-0.4, -0.2) is 28.3 Å². The summed E-state index contributed by atoms with van der Waals surface area (Å²) in [6, 6.07) is 3.41. The lowest BCUT2D eigenvalue weighted by atomic mass is 9.94. The first kappa shape index (κ1) is 15.1. The van der Waals surface area contributed by atoms with Crippen LogP contribution in [0.3, 0.4) is 0 Å². The van der Waals surface area contributed by atoms with Gasteiger partial charge in [0, 0.05) is 18.0 Å². The van der Waals surface area contributed by atoms with Crippen molar-refractivity contribution in [2.75, 3.05) is 6.54 Å². The zero-order valence-electron chi connectivity index (χ0n) is 11.1. The molecule has 0 saturated heterocycles. The Kier molecular flexibility index (Phi) is 5.31. The molecule has 1 atom stereocenters. The first-order chi connectivity index (χ1) is 8.30. The lowest BCUT2D eigenvalue weighted by Gasteiger charge is -2.25. The van der Waals surface area contributed by atoms with E-state index in [1.807, 2.05) is 6.92 Å². The Morgan fingerprint density at radius 1 is 1.50 bits per heavy atom. The van der Waals surface area contributed by atoms with Crippen molar-refractivity contribution < 1.29 is 15.0 Å². The molecule has 1 aromatic rings. The molecule has 0 aromatic carbocycles. The Hall–Kier alpha value is -0.910. The molecule has 4 nitrogen and oxygen atoms in total. The number of carboxylic acid groups (broad SMARTS) is 1. The van der Waals surface area contributed by atoms with E-state index in [1.165, 1.54) is 11.3 Å². The molecule has 1 rings (SSSR count). The summed E-state index contributed by atoms with van der Waals surface area (Å²) >= 11 is 1.26. The van der Waals surface area contributed by atoms with Gasteiger partial charge in [0.25, 0.3) is 0 Å². The van der Waals surface area contributed by atoms with Gasteiger partial charge in [0.05, 0.1) is 5.60 Å². The topological polar surface area (TPSA) is 69.6 Å². The molecular weight excluding hydrogens is 250 g/mol. The third-order valence-corrected chi connectivity index (χ3v) is 3.60. The van der Waals surface area contributed by atoms with E-state index in [-0.39, 0.29) is 0 Å². The summed E-state index contributed by atoms with van der Waals surface area (Å²) in [6.45, 7) is 7.06. The molecule has 0 aliphatic carbocycles. The zero-order chi connectivity index (χ0) is 13.8. The van der Waals surface area contributed by atoms with E-state index in [2.05, 4.69) is 19.2 Å². The normalized spacial score (nSPS) is 14.7. The smallest absolute Gasteiger partial charge is 0.345 e. The fourth-order valence-corrected chi connectivity index (χ4v) is 2.81. The highest BCUT2D eigenvalue weighted by molar-refractivity contribution is 7.13. The Bertz CT molecular complexity index is 399. The number of carboxylic acids is 1. The lowest BCUT2D eigenvalue weighted by molar-refractivity contribution is 0.0384. The van der Waals surface area contributed by atoms with Crippen LogP contribution >= 0.6 is 11.3 Å². The highest BCUT2D eigenvalue weighted by Gasteiger charge is 2.21. The summed E-state index contributed by atoms with van der Waals surface area (Å²) in [5.74, 6) is -0.444. The maximum Gasteiger partial charge on any atom is 0.345 e. The van der Waals surface area contributed by atoms with Crippen LogP contribution in [0, 0.1) is 5.92 Å². The van der Waals surface area contributed by atoms with Crippen molar-refractivity contribution in [3.8, 4) is 0 Å². The van der Waals surface area contributed by atoms with Crippen molar-refractivity contribution in [2.45, 2.75) is 39.3 Å². The summed E-state index contributed by atoms with van der Waals surface area (Å²) < 4.78 is 0. The molecule has 0 aliphatic heterocycles. The van der Waals surface area contributed by atoms with E-state index in [4.69, 9.17) is 5.11 Å². The molecule has 0 radical (unpaired) electrons. The minimum atomic E-state index is -0.891. The fraction of sp³-hybridized carbons (Fsp3) is 0.615. The van der Waals surface area contributed by atoms with Crippen molar-refractivity contribution in [3.63, 3.8) is 0 Å². The first-order valence-electron chi connectivity index (χ1n) is 6.05. The van der Waals surface area contributed by atoms with Gasteiger partial charge in [-0.25, -0.2) is 4.79 Å². The third-order valence-electron chi connectivity index (χ3n) is 2.53. The van der Waals surface area contributed by atoms with E-state index in [0.29, 0.717) is 23.9 Å². The molecule has 18 heavy (non-hydrogen) atoms. The number of nitrogens with one attached hydrogen (secondary N) is 1. The van der Waals surface area contributed by atoms with Gasteiger partial charge in [0.1, 0.15) is 4.88 Å². The number of aliphatic hydroxyl groups is 1. The largest absolute Gasteiger partial charge is 0.477 e. The molecule has 0 bridgehead atoms. The molecule has 0 spiro atoms. The summed E-state index contributed by atoms with van der Waals surface area (Å²) in [5, 5.41) is 22.1. The molecule has 0 aliphatic rings. The predicted octanol–water partition coefficient (Wildman–Crippen LogP) is 2.33. The van der Waals surface area contributed by atoms with Crippen LogP contribution in [0.25, 0.3) is 0 Å². The molecule has 102 valence electrons. The number of hydrogen-bond acceptors (Lipinski definition) is 4. The van der Waals surface area contributed by atoms with Crippen LogP contribution in [0.4, 0.5) is 0 Å². The fourth-order valence-electron chi connectivity index (χ4n) is 1.99. The predicted molar refractivity (Wildman–Crippen MR) is 73.1 cm³/mol. The standard InChI is InChI=1S/C13H21NO3S/c1-9(2)6-13(3,17)8-14-7-10-4-5-11(18-10)12(15)16/h4-5,9,14,17H,6-8H2,1-3H3,(H,15,16). The molecule has 1 heterocycles. The molecule has 1 unspecified atom stereocenters. The number of carbonyl (C=O) groups is 1. The van der Waals surface area contributed by atoms with Gasteiger partial charge in [-0.2, -0.15) is 0 Å². The van der Waals surface area contributed by atoms with Gasteiger partial charge < -0.3 is 15.5 Å². The minimum Gasteiger partial charge on any atom is -0.477 e. The number of aromatic carboxylic acids is 1. The van der Waals surface area contributed by atoms with E-state index in [9.17, 15) is 9.90 Å². The second-order valence-corrected chi connectivity index (χ2v) is 6.44. The van der Waals surface area contributed by atoms with E-state index >= 15 is 0 Å². The summed E-state index contributed by atoms with van der Waals surface area (Å²) in [4.78, 5) is 12.0. The van der Waals surface area contributed by atoms with Crippen molar-refractivity contribution in [3.05, 3.63) is 21.9 Å². The molecule has 3 N–H and O–H groups in total. The van der Waals surface area contributed by atoms with Crippen LogP contribution in [0.2, 0.25) is 0 Å². The van der Waals surface area contributed by atoms with Gasteiger partial charge in [0.15, 0.2) is 0 Å². The zero-order valence-corrected chi connectivity index (χ0v) is 11.9. The Morgan fingerprint density at radius 3 is 2.67 bits per heavy atom. The number of rotatable bonds is 7. The maximum absolute atomic E-state index is 10.7.